The average Bonchev–Trinajstić information content (AvgIpc) is 3.26. The van der Waals surface area contributed by atoms with Crippen LogP contribution in [-0.4, -0.2) is 61.7 Å². The van der Waals surface area contributed by atoms with Gasteiger partial charge in [-0.1, -0.05) is 30.3 Å². The number of sulfonamides is 1. The van der Waals surface area contributed by atoms with Crippen molar-refractivity contribution in [2.75, 3.05) is 38.5 Å². The molecule has 1 fully saturated rings. The van der Waals surface area contributed by atoms with Crippen LogP contribution in [0.3, 0.4) is 0 Å². The summed E-state index contributed by atoms with van der Waals surface area (Å²) in [5.41, 5.74) is 1.81. The van der Waals surface area contributed by atoms with Gasteiger partial charge in [-0.05, 0) is 31.3 Å². The Morgan fingerprint density at radius 3 is 2.33 bits per heavy atom. The fraction of sp³-hybridized carbons (Fsp3) is 0.238. The first-order valence-corrected chi connectivity index (χ1v) is 11.9. The van der Waals surface area contributed by atoms with Crippen LogP contribution in [0.25, 0.3) is 10.6 Å². The molecule has 2 heterocycles. The van der Waals surface area contributed by atoms with Gasteiger partial charge < -0.3 is 10.2 Å². The van der Waals surface area contributed by atoms with Crippen LogP contribution in [0.15, 0.2) is 64.9 Å². The van der Waals surface area contributed by atoms with Crippen LogP contribution in [-0.2, 0) is 10.0 Å². The molecule has 1 saturated heterocycles. The Hall–Kier alpha value is -2.59. The van der Waals surface area contributed by atoms with Crippen LogP contribution in [0.5, 0.6) is 0 Å². The van der Waals surface area contributed by atoms with E-state index in [9.17, 15) is 13.2 Å². The van der Waals surface area contributed by atoms with Gasteiger partial charge in [0.1, 0.15) is 10.7 Å². The van der Waals surface area contributed by atoms with Crippen molar-refractivity contribution in [2.45, 2.75) is 4.90 Å². The Morgan fingerprint density at radius 1 is 1.00 bits per heavy atom. The summed E-state index contributed by atoms with van der Waals surface area (Å²) in [5.74, 6) is -0.330. The Balaban J connectivity index is 1.43. The van der Waals surface area contributed by atoms with Crippen LogP contribution < -0.4 is 5.32 Å². The largest absolute Gasteiger partial charge is 0.321 e. The van der Waals surface area contributed by atoms with Crippen LogP contribution in [0.4, 0.5) is 5.69 Å². The third-order valence-electron chi connectivity index (χ3n) is 4.97. The first kappa shape index (κ1) is 20.7. The summed E-state index contributed by atoms with van der Waals surface area (Å²) in [6.45, 7) is 2.38. The van der Waals surface area contributed by atoms with Crippen molar-refractivity contribution in [1.29, 1.82) is 0 Å². The third kappa shape index (κ3) is 4.44. The molecule has 9 heteroatoms. The van der Waals surface area contributed by atoms with Crippen molar-refractivity contribution in [3.63, 3.8) is 0 Å². The van der Waals surface area contributed by atoms with Crippen LogP contribution >= 0.6 is 11.3 Å². The predicted octanol–water partition coefficient (Wildman–Crippen LogP) is 3.00. The number of hydrogen-bond acceptors (Lipinski definition) is 6. The summed E-state index contributed by atoms with van der Waals surface area (Å²) < 4.78 is 27.1. The normalized spacial score (nSPS) is 15.8. The lowest BCUT2D eigenvalue weighted by Crippen LogP contribution is -2.46. The van der Waals surface area contributed by atoms with E-state index < -0.39 is 10.0 Å². The highest BCUT2D eigenvalue weighted by molar-refractivity contribution is 7.89. The number of amides is 1. The smallest absolute Gasteiger partial charge is 0.275 e. The van der Waals surface area contributed by atoms with E-state index in [4.69, 9.17) is 0 Å². The van der Waals surface area contributed by atoms with Gasteiger partial charge in [-0.3, -0.25) is 4.79 Å². The molecule has 1 aromatic heterocycles. The molecule has 2 aromatic carbocycles. The molecule has 0 bridgehead atoms. The summed E-state index contributed by atoms with van der Waals surface area (Å²) in [7, 11) is -1.55. The monoisotopic (exact) mass is 442 g/mol. The van der Waals surface area contributed by atoms with E-state index in [2.05, 4.69) is 15.2 Å². The fourth-order valence-electron chi connectivity index (χ4n) is 3.17. The summed E-state index contributed by atoms with van der Waals surface area (Å²) in [4.78, 5) is 19.3. The van der Waals surface area contributed by atoms with Crippen molar-refractivity contribution in [3.8, 4) is 10.6 Å². The number of hydrogen-bond donors (Lipinski definition) is 1. The van der Waals surface area contributed by atoms with Gasteiger partial charge in [0.05, 0.1) is 4.90 Å². The van der Waals surface area contributed by atoms with Crippen molar-refractivity contribution in [1.82, 2.24) is 14.2 Å². The summed E-state index contributed by atoms with van der Waals surface area (Å²) in [5, 5.41) is 5.26. The lowest BCUT2D eigenvalue weighted by molar-refractivity contribution is 0.102. The number of rotatable bonds is 5. The van der Waals surface area contributed by atoms with Gasteiger partial charge in [0.25, 0.3) is 5.91 Å². The molecular formula is C21H22N4O3S2. The van der Waals surface area contributed by atoms with Gasteiger partial charge in [-0.15, -0.1) is 11.3 Å². The van der Waals surface area contributed by atoms with Gasteiger partial charge in [-0.2, -0.15) is 4.31 Å². The Kier molecular flexibility index (Phi) is 5.96. The maximum atomic E-state index is 12.8. The molecule has 0 saturated carbocycles. The minimum absolute atomic E-state index is 0.227. The molecular weight excluding hydrogens is 420 g/mol. The highest BCUT2D eigenvalue weighted by Gasteiger charge is 2.27. The van der Waals surface area contributed by atoms with Crippen LogP contribution in [0.2, 0.25) is 0 Å². The number of nitrogens with zero attached hydrogens (tertiary/aromatic N) is 3. The number of likely N-dealkylation sites (N-methyl/N-ethyl adjacent to an activating group) is 1. The molecule has 1 aliphatic heterocycles. The van der Waals surface area contributed by atoms with E-state index >= 15 is 0 Å². The van der Waals surface area contributed by atoms with Crippen molar-refractivity contribution < 1.29 is 13.2 Å². The van der Waals surface area contributed by atoms with Crippen molar-refractivity contribution in [3.05, 3.63) is 65.7 Å². The molecule has 0 atom stereocenters. The highest BCUT2D eigenvalue weighted by atomic mass is 32.2. The summed E-state index contributed by atoms with van der Waals surface area (Å²) in [6.07, 6.45) is 0. The van der Waals surface area contributed by atoms with Gasteiger partial charge in [0.15, 0.2) is 0 Å². The lowest BCUT2D eigenvalue weighted by Gasteiger charge is -2.31. The molecule has 1 amide bonds. The maximum Gasteiger partial charge on any atom is 0.275 e. The maximum absolute atomic E-state index is 12.8. The Labute approximate surface area is 180 Å². The molecule has 4 rings (SSSR count). The molecule has 156 valence electrons. The molecule has 0 spiro atoms. The van der Waals surface area contributed by atoms with E-state index in [0.717, 1.165) is 10.6 Å². The molecule has 0 aliphatic carbocycles. The number of aromatic nitrogens is 1. The third-order valence-corrected chi connectivity index (χ3v) is 7.77. The first-order chi connectivity index (χ1) is 14.4. The molecule has 0 radical (unpaired) electrons. The number of benzene rings is 2. The molecule has 1 N–H and O–H groups in total. The second kappa shape index (κ2) is 8.65. The zero-order valence-corrected chi connectivity index (χ0v) is 18.1. The quantitative estimate of drug-likeness (QED) is 0.657. The number of thiazole rings is 1. The minimum Gasteiger partial charge on any atom is -0.321 e. The van der Waals surface area contributed by atoms with Gasteiger partial charge in [0, 0.05) is 42.8 Å². The zero-order chi connectivity index (χ0) is 21.1. The Bertz CT molecular complexity index is 1120. The number of nitrogens with one attached hydrogen (secondary N) is 1. The first-order valence-electron chi connectivity index (χ1n) is 9.54. The van der Waals surface area contributed by atoms with Crippen LogP contribution in [0.1, 0.15) is 10.5 Å². The van der Waals surface area contributed by atoms with E-state index in [0.29, 0.717) is 37.6 Å². The SMILES string of the molecule is CN1CCN(S(=O)(=O)c2ccc(NC(=O)c3csc(-c4ccccc4)n3)cc2)CC1. The molecule has 7 nitrogen and oxygen atoms in total. The second-order valence-corrected chi connectivity index (χ2v) is 9.89. The van der Waals surface area contributed by atoms with E-state index in [1.807, 2.05) is 37.4 Å². The van der Waals surface area contributed by atoms with E-state index in [1.165, 1.54) is 27.8 Å². The molecule has 3 aromatic rings. The fourth-order valence-corrected chi connectivity index (χ4v) is 5.40. The number of carbonyl (C=O) groups excluding carboxylic acids is 1. The van der Waals surface area contributed by atoms with Gasteiger partial charge in [0.2, 0.25) is 10.0 Å². The molecule has 1 aliphatic rings. The predicted molar refractivity (Wildman–Crippen MR) is 118 cm³/mol. The van der Waals surface area contributed by atoms with Crippen molar-refractivity contribution >= 4 is 33.0 Å². The molecule has 30 heavy (non-hydrogen) atoms. The average molecular weight is 443 g/mol. The van der Waals surface area contributed by atoms with Crippen molar-refractivity contribution in [2.24, 2.45) is 0 Å². The summed E-state index contributed by atoms with van der Waals surface area (Å²) >= 11 is 1.40. The number of anilines is 1. The molecule has 0 unspecified atom stereocenters. The van der Waals surface area contributed by atoms with Gasteiger partial charge >= 0.3 is 0 Å². The van der Waals surface area contributed by atoms with Crippen LogP contribution in [0, 0.1) is 0 Å². The zero-order valence-electron chi connectivity index (χ0n) is 16.5. The standard InChI is InChI=1S/C21H22N4O3S2/c1-24-11-13-25(14-12-24)30(27,28)18-9-7-17(8-10-18)22-20(26)19-15-29-21(23-19)16-5-3-2-4-6-16/h2-10,15H,11-14H2,1H3,(H,22,26). The second-order valence-electron chi connectivity index (χ2n) is 7.09. The van der Waals surface area contributed by atoms with E-state index in [-0.39, 0.29) is 10.8 Å². The minimum atomic E-state index is -3.53. The van der Waals surface area contributed by atoms with E-state index in [1.54, 1.807) is 17.5 Å². The summed E-state index contributed by atoms with van der Waals surface area (Å²) in [6, 6.07) is 15.9. The lowest BCUT2D eigenvalue weighted by atomic mass is 10.2. The highest BCUT2D eigenvalue weighted by Crippen LogP contribution is 2.24. The number of piperazine rings is 1. The topological polar surface area (TPSA) is 82.6 Å². The number of carbonyl (C=O) groups is 1. The van der Waals surface area contributed by atoms with Gasteiger partial charge in [-0.25, -0.2) is 13.4 Å². The Morgan fingerprint density at radius 2 is 1.67 bits per heavy atom.